The Morgan fingerprint density at radius 3 is 2.59 bits per heavy atom. The number of aromatic nitrogens is 1. The smallest absolute Gasteiger partial charge is 0.251 e. The van der Waals surface area contributed by atoms with E-state index in [0.29, 0.717) is 11.3 Å². The van der Waals surface area contributed by atoms with Gasteiger partial charge in [-0.1, -0.05) is 0 Å². The van der Waals surface area contributed by atoms with Crippen LogP contribution >= 0.6 is 22.6 Å². The van der Waals surface area contributed by atoms with Crippen LogP contribution in [0.4, 0.5) is 0 Å². The predicted molar refractivity (Wildman–Crippen MR) is 96.2 cm³/mol. The molecule has 2 rings (SSSR count). The lowest BCUT2D eigenvalue weighted by Gasteiger charge is -2.21. The molecule has 2 aromatic rings. The highest BCUT2D eigenvalue weighted by Crippen LogP contribution is 2.32. The average Bonchev–Trinajstić information content (AvgIpc) is 2.45. The standard InChI is InChI=1S/C17H19IN2O2/c1-17(2,3)20-16(21)11-7-8-12(14(10-11)22-4)15-13(18)6-5-9-19-15/h5-10H,1-4H3,(H,20,21). The topological polar surface area (TPSA) is 51.2 Å². The van der Waals surface area contributed by atoms with Crippen LogP contribution in [0.25, 0.3) is 11.3 Å². The third-order valence-electron chi connectivity index (χ3n) is 2.97. The van der Waals surface area contributed by atoms with Gasteiger partial charge >= 0.3 is 0 Å². The van der Waals surface area contributed by atoms with E-state index in [4.69, 9.17) is 4.74 Å². The van der Waals surface area contributed by atoms with Crippen molar-refractivity contribution in [2.24, 2.45) is 0 Å². The van der Waals surface area contributed by atoms with E-state index < -0.39 is 0 Å². The number of amides is 1. The summed E-state index contributed by atoms with van der Waals surface area (Å²) in [6, 6.07) is 9.30. The number of benzene rings is 1. The molecule has 0 atom stereocenters. The van der Waals surface area contributed by atoms with Gasteiger partial charge in [0.1, 0.15) is 5.75 Å². The number of rotatable bonds is 3. The number of hydrogen-bond acceptors (Lipinski definition) is 3. The summed E-state index contributed by atoms with van der Waals surface area (Å²) < 4.78 is 6.49. The van der Waals surface area contributed by atoms with Gasteiger partial charge in [0.25, 0.3) is 5.91 Å². The molecule has 22 heavy (non-hydrogen) atoms. The van der Waals surface area contributed by atoms with E-state index >= 15 is 0 Å². The van der Waals surface area contributed by atoms with Gasteiger partial charge in [0.05, 0.1) is 12.8 Å². The molecule has 1 heterocycles. The fourth-order valence-corrected chi connectivity index (χ4v) is 2.66. The number of carbonyl (C=O) groups excluding carboxylic acids is 1. The monoisotopic (exact) mass is 410 g/mol. The molecule has 0 spiro atoms. The number of methoxy groups -OCH3 is 1. The van der Waals surface area contributed by atoms with Gasteiger partial charge in [-0.15, -0.1) is 0 Å². The Hall–Kier alpha value is -1.63. The molecule has 0 saturated heterocycles. The van der Waals surface area contributed by atoms with Gasteiger partial charge in [-0.05, 0) is 73.7 Å². The molecule has 0 aliphatic rings. The van der Waals surface area contributed by atoms with Crippen molar-refractivity contribution in [2.45, 2.75) is 26.3 Å². The van der Waals surface area contributed by atoms with Crippen molar-refractivity contribution in [1.82, 2.24) is 10.3 Å². The van der Waals surface area contributed by atoms with Gasteiger partial charge in [0.15, 0.2) is 0 Å². The first-order valence-electron chi connectivity index (χ1n) is 6.93. The minimum absolute atomic E-state index is 0.118. The Balaban J connectivity index is 2.41. The molecule has 0 radical (unpaired) electrons. The minimum atomic E-state index is -0.278. The first-order valence-corrected chi connectivity index (χ1v) is 8.01. The number of carbonyl (C=O) groups is 1. The number of halogens is 1. The fourth-order valence-electron chi connectivity index (χ4n) is 2.02. The van der Waals surface area contributed by atoms with Crippen LogP contribution in [0.1, 0.15) is 31.1 Å². The number of nitrogens with one attached hydrogen (secondary N) is 1. The summed E-state index contributed by atoms with van der Waals surface area (Å²) >= 11 is 2.24. The first kappa shape index (κ1) is 16.7. The van der Waals surface area contributed by atoms with E-state index in [1.54, 1.807) is 25.4 Å². The Morgan fingerprint density at radius 1 is 1.27 bits per heavy atom. The first-order chi connectivity index (χ1) is 10.3. The normalized spacial score (nSPS) is 11.1. The van der Waals surface area contributed by atoms with Gasteiger partial charge in [0.2, 0.25) is 0 Å². The Morgan fingerprint density at radius 2 is 2.00 bits per heavy atom. The van der Waals surface area contributed by atoms with Crippen LogP contribution in [0.5, 0.6) is 5.75 Å². The number of nitrogens with zero attached hydrogens (tertiary/aromatic N) is 1. The molecule has 1 aromatic carbocycles. The summed E-state index contributed by atoms with van der Waals surface area (Å²) in [7, 11) is 1.60. The van der Waals surface area contributed by atoms with E-state index in [-0.39, 0.29) is 11.4 Å². The average molecular weight is 410 g/mol. The van der Waals surface area contributed by atoms with Crippen LogP contribution in [-0.4, -0.2) is 23.5 Å². The molecule has 0 fully saturated rings. The van der Waals surface area contributed by atoms with E-state index in [9.17, 15) is 4.79 Å². The van der Waals surface area contributed by atoms with Gasteiger partial charge in [-0.2, -0.15) is 0 Å². The van der Waals surface area contributed by atoms with Crippen molar-refractivity contribution in [1.29, 1.82) is 0 Å². The zero-order valence-corrected chi connectivity index (χ0v) is 15.3. The van der Waals surface area contributed by atoms with Crippen LogP contribution < -0.4 is 10.1 Å². The molecule has 0 saturated carbocycles. The maximum atomic E-state index is 12.3. The minimum Gasteiger partial charge on any atom is -0.496 e. The highest BCUT2D eigenvalue weighted by atomic mass is 127. The molecule has 4 nitrogen and oxygen atoms in total. The second-order valence-electron chi connectivity index (χ2n) is 5.95. The number of pyridine rings is 1. The van der Waals surface area contributed by atoms with Gasteiger partial charge < -0.3 is 10.1 Å². The van der Waals surface area contributed by atoms with Gasteiger partial charge in [-0.3, -0.25) is 9.78 Å². The second kappa shape index (κ2) is 6.64. The van der Waals surface area contributed by atoms with Crippen molar-refractivity contribution in [3.8, 4) is 17.0 Å². The number of ether oxygens (including phenoxy) is 1. The maximum absolute atomic E-state index is 12.3. The van der Waals surface area contributed by atoms with Crippen molar-refractivity contribution < 1.29 is 9.53 Å². The largest absolute Gasteiger partial charge is 0.496 e. The summed E-state index contributed by atoms with van der Waals surface area (Å²) in [5.74, 6) is 0.520. The molecule has 1 aromatic heterocycles. The van der Waals surface area contributed by atoms with E-state index in [2.05, 4.69) is 32.9 Å². The lowest BCUT2D eigenvalue weighted by molar-refractivity contribution is 0.0919. The summed E-state index contributed by atoms with van der Waals surface area (Å²) in [4.78, 5) is 16.7. The maximum Gasteiger partial charge on any atom is 0.251 e. The fraction of sp³-hybridized carbons (Fsp3) is 0.294. The van der Waals surface area contributed by atoms with Gasteiger partial charge in [-0.25, -0.2) is 0 Å². The van der Waals surface area contributed by atoms with Crippen molar-refractivity contribution in [3.05, 3.63) is 45.7 Å². The summed E-state index contributed by atoms with van der Waals surface area (Å²) in [6.45, 7) is 5.85. The Bertz CT molecular complexity index is 693. The Labute approximate surface area is 144 Å². The van der Waals surface area contributed by atoms with E-state index in [1.165, 1.54) is 0 Å². The SMILES string of the molecule is COc1cc(C(=O)NC(C)(C)C)ccc1-c1ncccc1I. The highest BCUT2D eigenvalue weighted by Gasteiger charge is 2.18. The lowest BCUT2D eigenvalue weighted by atomic mass is 10.0. The van der Waals surface area contributed by atoms with Crippen LogP contribution in [-0.2, 0) is 0 Å². The molecule has 0 aliphatic heterocycles. The zero-order valence-electron chi connectivity index (χ0n) is 13.1. The van der Waals surface area contributed by atoms with Crippen molar-refractivity contribution in [3.63, 3.8) is 0 Å². The third kappa shape index (κ3) is 3.97. The summed E-state index contributed by atoms with van der Waals surface area (Å²) in [6.07, 6.45) is 1.75. The van der Waals surface area contributed by atoms with Crippen molar-refractivity contribution >= 4 is 28.5 Å². The van der Waals surface area contributed by atoms with E-state index in [1.807, 2.05) is 39.0 Å². The van der Waals surface area contributed by atoms with Crippen LogP contribution in [0.2, 0.25) is 0 Å². The van der Waals surface area contributed by atoms with Crippen LogP contribution in [0.3, 0.4) is 0 Å². The van der Waals surface area contributed by atoms with E-state index in [0.717, 1.165) is 14.8 Å². The zero-order chi connectivity index (χ0) is 16.3. The molecule has 1 amide bonds. The molecule has 0 unspecified atom stereocenters. The second-order valence-corrected chi connectivity index (χ2v) is 7.12. The molecular weight excluding hydrogens is 391 g/mol. The van der Waals surface area contributed by atoms with Crippen LogP contribution in [0, 0.1) is 3.57 Å². The molecule has 0 aliphatic carbocycles. The summed E-state index contributed by atoms with van der Waals surface area (Å²) in [5.41, 5.74) is 2.02. The third-order valence-corrected chi connectivity index (χ3v) is 3.84. The van der Waals surface area contributed by atoms with Gasteiger partial charge in [0, 0.05) is 26.4 Å². The molecular formula is C17H19IN2O2. The molecule has 1 N–H and O–H groups in total. The van der Waals surface area contributed by atoms with Crippen LogP contribution in [0.15, 0.2) is 36.5 Å². The molecule has 5 heteroatoms. The molecule has 0 bridgehead atoms. The number of hydrogen-bond donors (Lipinski definition) is 1. The Kier molecular flexibility index (Phi) is 5.05. The summed E-state index contributed by atoms with van der Waals surface area (Å²) in [5, 5.41) is 2.95. The quantitative estimate of drug-likeness (QED) is 0.782. The van der Waals surface area contributed by atoms with Crippen molar-refractivity contribution in [2.75, 3.05) is 7.11 Å². The molecule has 116 valence electrons. The lowest BCUT2D eigenvalue weighted by Crippen LogP contribution is -2.40. The predicted octanol–water partition coefficient (Wildman–Crippen LogP) is 3.89. The highest BCUT2D eigenvalue weighted by molar-refractivity contribution is 14.1.